The Labute approximate surface area is 143 Å². The summed E-state index contributed by atoms with van der Waals surface area (Å²) in [7, 11) is 0. The summed E-state index contributed by atoms with van der Waals surface area (Å²) >= 11 is 0. The molecule has 24 heavy (non-hydrogen) atoms. The maximum absolute atomic E-state index is 12.2. The molecule has 1 heterocycles. The summed E-state index contributed by atoms with van der Waals surface area (Å²) in [6.07, 6.45) is 2.44. The van der Waals surface area contributed by atoms with Crippen molar-refractivity contribution in [3.8, 4) is 0 Å². The lowest BCUT2D eigenvalue weighted by atomic mass is 9.94. The van der Waals surface area contributed by atoms with E-state index in [0.717, 1.165) is 19.3 Å². The Kier molecular flexibility index (Phi) is 6.20. The third-order valence-electron chi connectivity index (χ3n) is 4.86. The molecule has 6 nitrogen and oxygen atoms in total. The molecule has 3 amide bonds. The second-order valence-electron chi connectivity index (χ2n) is 6.45. The van der Waals surface area contributed by atoms with Gasteiger partial charge in [-0.2, -0.15) is 0 Å². The van der Waals surface area contributed by atoms with Gasteiger partial charge in [0.15, 0.2) is 0 Å². The van der Waals surface area contributed by atoms with E-state index >= 15 is 0 Å². The second-order valence-corrected chi connectivity index (χ2v) is 6.45. The number of urea groups is 1. The van der Waals surface area contributed by atoms with E-state index in [9.17, 15) is 9.59 Å². The lowest BCUT2D eigenvalue weighted by molar-refractivity contribution is -0.120. The lowest BCUT2D eigenvalue weighted by Gasteiger charge is -2.29. The molecule has 6 heteroatoms. The molecule has 0 saturated heterocycles. The van der Waals surface area contributed by atoms with Gasteiger partial charge in [-0.25, -0.2) is 4.79 Å². The van der Waals surface area contributed by atoms with Crippen molar-refractivity contribution in [2.45, 2.75) is 45.2 Å². The summed E-state index contributed by atoms with van der Waals surface area (Å²) in [5.74, 6) is -0.211. The van der Waals surface area contributed by atoms with Gasteiger partial charge < -0.3 is 21.3 Å². The minimum Gasteiger partial charge on any atom is -0.353 e. The van der Waals surface area contributed by atoms with Gasteiger partial charge in [-0.1, -0.05) is 38.1 Å². The largest absolute Gasteiger partial charge is 0.353 e. The van der Waals surface area contributed by atoms with Crippen LogP contribution in [0, 0.1) is 0 Å². The molecule has 1 aromatic carbocycles. The Balaban J connectivity index is 1.76. The Hall–Kier alpha value is -2.08. The highest BCUT2D eigenvalue weighted by Gasteiger charge is 2.22. The van der Waals surface area contributed by atoms with Crippen LogP contribution in [-0.2, 0) is 17.8 Å². The maximum atomic E-state index is 12.2. The molecule has 1 aromatic rings. The van der Waals surface area contributed by atoms with Crippen molar-refractivity contribution in [1.29, 1.82) is 0 Å². The monoisotopic (exact) mass is 332 g/mol. The van der Waals surface area contributed by atoms with Crippen LogP contribution in [0.5, 0.6) is 0 Å². The van der Waals surface area contributed by atoms with Crippen molar-refractivity contribution < 1.29 is 9.59 Å². The summed E-state index contributed by atoms with van der Waals surface area (Å²) in [6.45, 7) is 5.66. The van der Waals surface area contributed by atoms with E-state index in [1.807, 2.05) is 32.0 Å². The van der Waals surface area contributed by atoms with Crippen LogP contribution in [0.4, 0.5) is 4.79 Å². The highest BCUT2D eigenvalue weighted by atomic mass is 16.2. The van der Waals surface area contributed by atoms with Crippen molar-refractivity contribution in [2.75, 3.05) is 19.6 Å². The fourth-order valence-corrected chi connectivity index (χ4v) is 2.77. The van der Waals surface area contributed by atoms with E-state index in [4.69, 9.17) is 5.73 Å². The summed E-state index contributed by atoms with van der Waals surface area (Å²) < 4.78 is 0. The molecule has 0 aromatic heterocycles. The first-order chi connectivity index (χ1) is 11.5. The van der Waals surface area contributed by atoms with Gasteiger partial charge in [0, 0.05) is 25.2 Å². The zero-order valence-electron chi connectivity index (χ0n) is 14.6. The zero-order valence-corrected chi connectivity index (χ0v) is 14.6. The van der Waals surface area contributed by atoms with Gasteiger partial charge in [0.05, 0.1) is 6.54 Å². The molecule has 0 fully saturated rings. The second kappa shape index (κ2) is 8.15. The maximum Gasteiger partial charge on any atom is 0.318 e. The molecule has 1 aliphatic rings. The standard InChI is InChI=1S/C18H28N4O2/c1-3-18(19,4-2)13-21-16(23)11-20-17(24)22-10-9-14-7-5-6-8-15(14)12-22/h5-8H,3-4,9-13,19H2,1-2H3,(H,20,24)(H,21,23). The smallest absolute Gasteiger partial charge is 0.318 e. The number of rotatable bonds is 6. The molecule has 0 aliphatic carbocycles. The number of hydrogen-bond acceptors (Lipinski definition) is 3. The van der Waals surface area contributed by atoms with Crippen LogP contribution in [-0.4, -0.2) is 42.0 Å². The quantitative estimate of drug-likeness (QED) is 0.735. The summed E-state index contributed by atoms with van der Waals surface area (Å²) in [6, 6.07) is 7.93. The molecule has 0 spiro atoms. The normalized spacial score (nSPS) is 14.0. The number of benzene rings is 1. The molecule has 1 aliphatic heterocycles. The minimum absolute atomic E-state index is 0.0273. The van der Waals surface area contributed by atoms with Gasteiger partial charge in [-0.3, -0.25) is 4.79 Å². The third kappa shape index (κ3) is 4.71. The van der Waals surface area contributed by atoms with Crippen LogP contribution in [0.3, 0.4) is 0 Å². The molecule has 132 valence electrons. The molecule has 0 bridgehead atoms. The average Bonchev–Trinajstić information content (AvgIpc) is 2.63. The van der Waals surface area contributed by atoms with Gasteiger partial charge in [0.2, 0.25) is 5.91 Å². The van der Waals surface area contributed by atoms with Gasteiger partial charge in [-0.15, -0.1) is 0 Å². The lowest BCUT2D eigenvalue weighted by Crippen LogP contribution is -2.51. The van der Waals surface area contributed by atoms with Crippen LogP contribution < -0.4 is 16.4 Å². The minimum atomic E-state index is -0.379. The molecule has 0 atom stereocenters. The van der Waals surface area contributed by atoms with Crippen molar-refractivity contribution in [2.24, 2.45) is 5.73 Å². The van der Waals surface area contributed by atoms with Crippen LogP contribution >= 0.6 is 0 Å². The number of fused-ring (bicyclic) bond motifs is 1. The van der Waals surface area contributed by atoms with E-state index in [1.54, 1.807) is 4.90 Å². The highest BCUT2D eigenvalue weighted by Crippen LogP contribution is 2.18. The first-order valence-corrected chi connectivity index (χ1v) is 8.62. The van der Waals surface area contributed by atoms with Gasteiger partial charge in [-0.05, 0) is 30.4 Å². The third-order valence-corrected chi connectivity index (χ3v) is 4.86. The predicted molar refractivity (Wildman–Crippen MR) is 94.5 cm³/mol. The van der Waals surface area contributed by atoms with Crippen molar-refractivity contribution in [3.05, 3.63) is 35.4 Å². The molecular weight excluding hydrogens is 304 g/mol. The van der Waals surface area contributed by atoms with Gasteiger partial charge in [0.1, 0.15) is 0 Å². The Bertz CT molecular complexity index is 584. The number of nitrogens with zero attached hydrogens (tertiary/aromatic N) is 1. The van der Waals surface area contributed by atoms with Crippen LogP contribution in [0.25, 0.3) is 0 Å². The Morgan fingerprint density at radius 3 is 2.50 bits per heavy atom. The fourth-order valence-electron chi connectivity index (χ4n) is 2.77. The van der Waals surface area contributed by atoms with Gasteiger partial charge >= 0.3 is 6.03 Å². The number of hydrogen-bond donors (Lipinski definition) is 3. The van der Waals surface area contributed by atoms with Gasteiger partial charge in [0.25, 0.3) is 0 Å². The first kappa shape index (κ1) is 18.3. The van der Waals surface area contributed by atoms with Crippen molar-refractivity contribution in [1.82, 2.24) is 15.5 Å². The fraction of sp³-hybridized carbons (Fsp3) is 0.556. The van der Waals surface area contributed by atoms with Crippen LogP contribution in [0.2, 0.25) is 0 Å². The number of nitrogens with one attached hydrogen (secondary N) is 2. The Morgan fingerprint density at radius 2 is 1.83 bits per heavy atom. The SMILES string of the molecule is CCC(N)(CC)CNC(=O)CNC(=O)N1CCc2ccccc2C1. The number of nitrogens with two attached hydrogens (primary N) is 1. The number of carbonyl (C=O) groups excluding carboxylic acids is 2. The summed E-state index contributed by atoms with van der Waals surface area (Å²) in [5.41, 5.74) is 8.23. The summed E-state index contributed by atoms with van der Waals surface area (Å²) in [4.78, 5) is 25.9. The zero-order chi connectivity index (χ0) is 17.6. The Morgan fingerprint density at radius 1 is 1.17 bits per heavy atom. The molecule has 0 saturated carbocycles. The molecular formula is C18H28N4O2. The van der Waals surface area contributed by atoms with E-state index in [-0.39, 0.29) is 24.0 Å². The van der Waals surface area contributed by atoms with E-state index in [1.165, 1.54) is 11.1 Å². The van der Waals surface area contributed by atoms with Crippen molar-refractivity contribution >= 4 is 11.9 Å². The molecule has 0 radical (unpaired) electrons. The summed E-state index contributed by atoms with van der Waals surface area (Å²) in [5, 5.41) is 5.49. The number of amides is 3. The molecule has 2 rings (SSSR count). The first-order valence-electron chi connectivity index (χ1n) is 8.62. The highest BCUT2D eigenvalue weighted by molar-refractivity contribution is 5.84. The number of carbonyl (C=O) groups is 2. The molecule has 4 N–H and O–H groups in total. The van der Waals surface area contributed by atoms with E-state index < -0.39 is 0 Å². The van der Waals surface area contributed by atoms with Crippen LogP contribution in [0.1, 0.15) is 37.8 Å². The van der Waals surface area contributed by atoms with Crippen LogP contribution in [0.15, 0.2) is 24.3 Å². The molecule has 0 unspecified atom stereocenters. The van der Waals surface area contributed by atoms with E-state index in [0.29, 0.717) is 19.6 Å². The topological polar surface area (TPSA) is 87.5 Å². The van der Waals surface area contributed by atoms with E-state index in [2.05, 4.69) is 16.7 Å². The average molecular weight is 332 g/mol. The van der Waals surface area contributed by atoms with Crippen molar-refractivity contribution in [3.63, 3.8) is 0 Å². The predicted octanol–water partition coefficient (Wildman–Crippen LogP) is 1.39.